The number of aryl methyl sites for hydroxylation is 1. The highest BCUT2D eigenvalue weighted by molar-refractivity contribution is 5.59. The second kappa shape index (κ2) is 6.69. The van der Waals surface area contributed by atoms with Crippen LogP contribution in [0.5, 0.6) is 5.75 Å². The van der Waals surface area contributed by atoms with Gasteiger partial charge in [-0.3, -0.25) is 10.1 Å². The van der Waals surface area contributed by atoms with Gasteiger partial charge in [-0.2, -0.15) is 0 Å². The molecule has 110 valence electrons. The average Bonchev–Trinajstić information content (AvgIpc) is 2.47. The van der Waals surface area contributed by atoms with E-state index in [0.717, 1.165) is 17.7 Å². The van der Waals surface area contributed by atoms with Gasteiger partial charge in [0.25, 0.3) is 0 Å². The molecule has 21 heavy (non-hydrogen) atoms. The number of anilines is 1. The molecule has 1 heterocycles. The van der Waals surface area contributed by atoms with Gasteiger partial charge in [-0.15, -0.1) is 0 Å². The minimum atomic E-state index is -0.405. The van der Waals surface area contributed by atoms with E-state index in [9.17, 15) is 10.1 Å². The molecule has 0 aliphatic rings. The molecule has 0 saturated carbocycles. The molecule has 0 fully saturated rings. The highest BCUT2D eigenvalue weighted by atomic mass is 16.6. The molecule has 0 aliphatic carbocycles. The van der Waals surface area contributed by atoms with E-state index in [1.54, 1.807) is 26.3 Å². The molecule has 6 nitrogen and oxygen atoms in total. The van der Waals surface area contributed by atoms with Crippen LogP contribution in [-0.4, -0.2) is 23.6 Å². The Morgan fingerprint density at radius 3 is 2.62 bits per heavy atom. The molecule has 0 bridgehead atoms. The monoisotopic (exact) mass is 287 g/mol. The van der Waals surface area contributed by atoms with Crippen LogP contribution in [0.3, 0.4) is 0 Å². The van der Waals surface area contributed by atoms with Crippen LogP contribution in [-0.2, 0) is 6.42 Å². The Kier molecular flexibility index (Phi) is 4.71. The Balaban J connectivity index is 2.00. The standard InChI is InChI=1S/C15H17N3O3/c1-11-7-9-16-15(14(11)18(19)20)17-10-8-12-3-5-13(21-2)6-4-12/h3-7,9H,8,10H2,1-2H3,(H,16,17). The first-order valence-corrected chi connectivity index (χ1v) is 6.58. The number of hydrogen-bond donors (Lipinski definition) is 1. The van der Waals surface area contributed by atoms with Gasteiger partial charge in [0, 0.05) is 18.3 Å². The number of nitrogens with one attached hydrogen (secondary N) is 1. The maximum atomic E-state index is 11.1. The van der Waals surface area contributed by atoms with Gasteiger partial charge in [-0.05, 0) is 37.1 Å². The van der Waals surface area contributed by atoms with Crippen molar-refractivity contribution < 1.29 is 9.66 Å². The molecule has 1 aromatic heterocycles. The zero-order chi connectivity index (χ0) is 15.2. The second-order valence-corrected chi connectivity index (χ2v) is 4.61. The number of benzene rings is 1. The third-order valence-electron chi connectivity index (χ3n) is 3.17. The van der Waals surface area contributed by atoms with Gasteiger partial charge in [-0.25, -0.2) is 4.98 Å². The number of rotatable bonds is 6. The lowest BCUT2D eigenvalue weighted by molar-refractivity contribution is -0.384. The van der Waals surface area contributed by atoms with Crippen molar-refractivity contribution in [1.82, 2.24) is 4.98 Å². The molecular weight excluding hydrogens is 270 g/mol. The van der Waals surface area contributed by atoms with Crippen LogP contribution in [0.4, 0.5) is 11.5 Å². The summed E-state index contributed by atoms with van der Waals surface area (Å²) in [4.78, 5) is 14.7. The minimum Gasteiger partial charge on any atom is -0.497 e. The number of hydrogen-bond acceptors (Lipinski definition) is 5. The Morgan fingerprint density at radius 1 is 1.29 bits per heavy atom. The van der Waals surface area contributed by atoms with E-state index in [4.69, 9.17) is 4.74 Å². The second-order valence-electron chi connectivity index (χ2n) is 4.61. The van der Waals surface area contributed by atoms with Gasteiger partial charge in [0.2, 0.25) is 5.82 Å². The first-order valence-electron chi connectivity index (χ1n) is 6.58. The summed E-state index contributed by atoms with van der Waals surface area (Å²) in [6.45, 7) is 2.28. The smallest absolute Gasteiger partial charge is 0.314 e. The number of pyridine rings is 1. The van der Waals surface area contributed by atoms with Crippen LogP contribution in [0.25, 0.3) is 0 Å². The van der Waals surface area contributed by atoms with Crippen LogP contribution < -0.4 is 10.1 Å². The average molecular weight is 287 g/mol. The van der Waals surface area contributed by atoms with Gasteiger partial charge in [0.05, 0.1) is 12.0 Å². The third kappa shape index (κ3) is 3.68. The summed E-state index contributed by atoms with van der Waals surface area (Å²) in [5, 5.41) is 14.1. The van der Waals surface area contributed by atoms with Gasteiger partial charge in [-0.1, -0.05) is 12.1 Å². The van der Waals surface area contributed by atoms with Gasteiger partial charge >= 0.3 is 5.69 Å². The highest BCUT2D eigenvalue weighted by Crippen LogP contribution is 2.25. The Bertz CT molecular complexity index is 627. The summed E-state index contributed by atoms with van der Waals surface area (Å²) in [7, 11) is 1.62. The first kappa shape index (κ1) is 14.8. The van der Waals surface area contributed by atoms with E-state index >= 15 is 0 Å². The first-order chi connectivity index (χ1) is 10.1. The number of methoxy groups -OCH3 is 1. The number of ether oxygens (including phenoxy) is 1. The number of aromatic nitrogens is 1. The zero-order valence-corrected chi connectivity index (χ0v) is 12.0. The highest BCUT2D eigenvalue weighted by Gasteiger charge is 2.17. The van der Waals surface area contributed by atoms with Crippen molar-refractivity contribution in [2.24, 2.45) is 0 Å². The Labute approximate surface area is 122 Å². The van der Waals surface area contributed by atoms with Crippen molar-refractivity contribution in [1.29, 1.82) is 0 Å². The van der Waals surface area contributed by atoms with Crippen LogP contribution in [0.15, 0.2) is 36.5 Å². The Morgan fingerprint density at radius 2 is 2.00 bits per heavy atom. The van der Waals surface area contributed by atoms with Crippen molar-refractivity contribution in [2.75, 3.05) is 19.0 Å². The maximum absolute atomic E-state index is 11.1. The lowest BCUT2D eigenvalue weighted by Crippen LogP contribution is -2.09. The third-order valence-corrected chi connectivity index (χ3v) is 3.17. The SMILES string of the molecule is COc1ccc(CCNc2nccc(C)c2[N+](=O)[O-])cc1. The van der Waals surface area contributed by atoms with Gasteiger partial charge in [0.1, 0.15) is 5.75 Å². The lowest BCUT2D eigenvalue weighted by atomic mass is 10.1. The zero-order valence-electron chi connectivity index (χ0n) is 12.0. The fourth-order valence-corrected chi connectivity index (χ4v) is 2.03. The molecule has 2 rings (SSSR count). The molecule has 0 saturated heterocycles. The Hall–Kier alpha value is -2.63. The van der Waals surface area contributed by atoms with Crippen LogP contribution >= 0.6 is 0 Å². The molecule has 1 aromatic carbocycles. The molecule has 0 spiro atoms. The molecule has 0 aliphatic heterocycles. The van der Waals surface area contributed by atoms with Crippen LogP contribution in [0.2, 0.25) is 0 Å². The van der Waals surface area contributed by atoms with E-state index < -0.39 is 4.92 Å². The predicted molar refractivity (Wildman–Crippen MR) is 80.8 cm³/mol. The number of nitrogens with zero attached hydrogens (tertiary/aromatic N) is 2. The molecule has 1 N–H and O–H groups in total. The summed E-state index contributed by atoms with van der Waals surface area (Å²) in [6.07, 6.45) is 2.31. The van der Waals surface area contributed by atoms with E-state index in [-0.39, 0.29) is 5.69 Å². The van der Waals surface area contributed by atoms with Crippen LogP contribution in [0, 0.1) is 17.0 Å². The van der Waals surface area contributed by atoms with Crippen LogP contribution in [0.1, 0.15) is 11.1 Å². The van der Waals surface area contributed by atoms with Gasteiger partial charge < -0.3 is 10.1 Å². The molecule has 0 amide bonds. The topological polar surface area (TPSA) is 77.3 Å². The molecule has 0 atom stereocenters. The van der Waals surface area contributed by atoms with Crippen molar-refractivity contribution >= 4 is 11.5 Å². The lowest BCUT2D eigenvalue weighted by Gasteiger charge is -2.08. The van der Waals surface area contributed by atoms with E-state index in [1.807, 2.05) is 24.3 Å². The summed E-state index contributed by atoms with van der Waals surface area (Å²) in [6, 6.07) is 9.36. The fraction of sp³-hybridized carbons (Fsp3) is 0.267. The molecule has 0 radical (unpaired) electrons. The molecule has 2 aromatic rings. The largest absolute Gasteiger partial charge is 0.497 e. The van der Waals surface area contributed by atoms with Crippen molar-refractivity contribution in [3.05, 3.63) is 57.8 Å². The van der Waals surface area contributed by atoms with E-state index in [0.29, 0.717) is 17.9 Å². The molecular formula is C15H17N3O3. The maximum Gasteiger partial charge on any atom is 0.314 e. The molecule has 0 unspecified atom stereocenters. The van der Waals surface area contributed by atoms with Crippen molar-refractivity contribution in [2.45, 2.75) is 13.3 Å². The summed E-state index contributed by atoms with van der Waals surface area (Å²) >= 11 is 0. The van der Waals surface area contributed by atoms with Gasteiger partial charge in [0.15, 0.2) is 0 Å². The summed E-state index contributed by atoms with van der Waals surface area (Å²) in [5.74, 6) is 1.12. The summed E-state index contributed by atoms with van der Waals surface area (Å²) in [5.41, 5.74) is 1.76. The predicted octanol–water partition coefficient (Wildman–Crippen LogP) is 2.96. The van der Waals surface area contributed by atoms with E-state index in [2.05, 4.69) is 10.3 Å². The number of nitro groups is 1. The minimum absolute atomic E-state index is 0.0345. The quantitative estimate of drug-likeness (QED) is 0.653. The van der Waals surface area contributed by atoms with Crippen molar-refractivity contribution in [3.8, 4) is 5.75 Å². The molecule has 6 heteroatoms. The summed E-state index contributed by atoms with van der Waals surface area (Å²) < 4.78 is 5.10. The van der Waals surface area contributed by atoms with Crippen molar-refractivity contribution in [3.63, 3.8) is 0 Å². The normalized spacial score (nSPS) is 10.2. The van der Waals surface area contributed by atoms with E-state index in [1.165, 1.54) is 0 Å². The fourth-order valence-electron chi connectivity index (χ4n) is 2.03.